The van der Waals surface area contributed by atoms with Gasteiger partial charge in [0.2, 0.25) is 0 Å². The lowest BCUT2D eigenvalue weighted by Gasteiger charge is -2.35. The molecular formula is C33H32N4O7S2. The Morgan fingerprint density at radius 2 is 1.74 bits per heavy atom. The fourth-order valence-corrected chi connectivity index (χ4v) is 6.66. The zero-order valence-electron chi connectivity index (χ0n) is 25.2. The van der Waals surface area contributed by atoms with Crippen molar-refractivity contribution in [2.24, 2.45) is 0 Å². The fourth-order valence-electron chi connectivity index (χ4n) is 4.65. The Bertz CT molecular complexity index is 1860. The molecule has 1 saturated heterocycles. The summed E-state index contributed by atoms with van der Waals surface area (Å²) in [4.78, 5) is 29.4. The van der Waals surface area contributed by atoms with Crippen LogP contribution in [-0.4, -0.2) is 74.1 Å². The molecule has 3 aromatic carbocycles. The van der Waals surface area contributed by atoms with Crippen LogP contribution in [0.5, 0.6) is 5.75 Å². The number of esters is 1. The van der Waals surface area contributed by atoms with E-state index in [2.05, 4.69) is 26.4 Å². The molecule has 2 N–H and O–H groups in total. The van der Waals surface area contributed by atoms with Crippen molar-refractivity contribution >= 4 is 39.2 Å². The van der Waals surface area contributed by atoms with Crippen LogP contribution in [0.2, 0.25) is 0 Å². The van der Waals surface area contributed by atoms with Crippen molar-refractivity contribution in [3.8, 4) is 28.8 Å². The van der Waals surface area contributed by atoms with Gasteiger partial charge in [-0.05, 0) is 66.9 Å². The predicted molar refractivity (Wildman–Crippen MR) is 175 cm³/mol. The number of nitrogens with zero attached hydrogens (tertiary/aromatic N) is 3. The molecule has 13 heteroatoms. The van der Waals surface area contributed by atoms with E-state index in [1.54, 1.807) is 12.1 Å². The third-order valence-electron chi connectivity index (χ3n) is 7.24. The van der Waals surface area contributed by atoms with Crippen molar-refractivity contribution in [3.63, 3.8) is 0 Å². The number of carboxylic acids is 1. The molecule has 1 fully saturated rings. The van der Waals surface area contributed by atoms with Gasteiger partial charge < -0.3 is 19.5 Å². The van der Waals surface area contributed by atoms with Crippen LogP contribution in [0.25, 0.3) is 11.3 Å². The normalized spacial score (nSPS) is 14.2. The summed E-state index contributed by atoms with van der Waals surface area (Å²) in [6.07, 6.45) is 0. The monoisotopic (exact) mass is 660 g/mol. The van der Waals surface area contributed by atoms with Crippen LogP contribution in [0.4, 0.5) is 5.69 Å². The van der Waals surface area contributed by atoms with Crippen LogP contribution >= 0.6 is 11.3 Å². The van der Waals surface area contributed by atoms with E-state index in [0.29, 0.717) is 36.0 Å². The molecule has 46 heavy (non-hydrogen) atoms. The average molecular weight is 661 g/mol. The van der Waals surface area contributed by atoms with Gasteiger partial charge in [-0.1, -0.05) is 30.2 Å². The van der Waals surface area contributed by atoms with Crippen LogP contribution < -0.4 is 14.4 Å². The Kier molecular flexibility index (Phi) is 10.3. The first-order chi connectivity index (χ1) is 22.1. The van der Waals surface area contributed by atoms with Gasteiger partial charge in [-0.3, -0.25) is 4.79 Å². The van der Waals surface area contributed by atoms with Gasteiger partial charge in [0.25, 0.3) is 10.2 Å². The van der Waals surface area contributed by atoms with Gasteiger partial charge in [0.05, 0.1) is 18.4 Å². The van der Waals surface area contributed by atoms with Crippen molar-refractivity contribution in [2.45, 2.75) is 19.6 Å². The topological polar surface area (TPSA) is 138 Å². The van der Waals surface area contributed by atoms with Gasteiger partial charge in [-0.15, -0.1) is 11.3 Å². The fraction of sp³-hybridized carbons (Fsp3) is 0.242. The number of thiazole rings is 1. The largest absolute Gasteiger partial charge is 0.489 e. The Morgan fingerprint density at radius 1 is 1.02 bits per heavy atom. The molecule has 5 rings (SSSR count). The van der Waals surface area contributed by atoms with Crippen LogP contribution in [0.15, 0.2) is 78.2 Å². The summed E-state index contributed by atoms with van der Waals surface area (Å²) >= 11 is 1.46. The molecule has 1 aliphatic heterocycles. The number of anilines is 1. The van der Waals surface area contributed by atoms with Crippen molar-refractivity contribution in [2.75, 3.05) is 38.2 Å². The molecule has 2 heterocycles. The van der Waals surface area contributed by atoms with Crippen LogP contribution in [0.3, 0.4) is 0 Å². The molecule has 1 atom stereocenters. The number of carbonyl (C=O) groups excluding carboxylic acids is 1. The van der Waals surface area contributed by atoms with Crippen LogP contribution in [-0.2, 0) is 26.3 Å². The second kappa shape index (κ2) is 14.6. The summed E-state index contributed by atoms with van der Waals surface area (Å²) in [7, 11) is -2.52. The van der Waals surface area contributed by atoms with Gasteiger partial charge in [0.15, 0.2) is 5.01 Å². The molecule has 1 aliphatic rings. The van der Waals surface area contributed by atoms with E-state index in [1.807, 2.05) is 66.0 Å². The van der Waals surface area contributed by atoms with Crippen LogP contribution in [0, 0.1) is 11.8 Å². The molecule has 238 valence electrons. The number of hydrogen-bond acceptors (Lipinski definition) is 9. The number of methoxy groups -OCH3 is 1. The summed E-state index contributed by atoms with van der Waals surface area (Å²) in [6.45, 7) is 3.09. The average Bonchev–Trinajstić information content (AvgIpc) is 3.56. The number of rotatable bonds is 10. The Morgan fingerprint density at radius 3 is 2.41 bits per heavy atom. The number of hydrogen-bond donors (Lipinski definition) is 2. The zero-order valence-corrected chi connectivity index (χ0v) is 26.8. The smallest absolute Gasteiger partial charge is 0.337 e. The number of aliphatic carboxylic acids is 1. The molecule has 0 spiro atoms. The molecule has 0 amide bonds. The number of benzene rings is 3. The van der Waals surface area contributed by atoms with E-state index >= 15 is 0 Å². The van der Waals surface area contributed by atoms with E-state index in [0.717, 1.165) is 28.1 Å². The first-order valence-corrected chi connectivity index (χ1v) is 16.7. The molecule has 0 aliphatic carbocycles. The minimum atomic E-state index is -3.88. The lowest BCUT2D eigenvalue weighted by molar-refractivity contribution is -0.138. The van der Waals surface area contributed by atoms with Gasteiger partial charge in [0, 0.05) is 48.4 Å². The maximum Gasteiger partial charge on any atom is 0.337 e. The number of nitrogens with one attached hydrogen (secondary N) is 1. The lowest BCUT2D eigenvalue weighted by atomic mass is 10.1. The predicted octanol–water partition coefficient (Wildman–Crippen LogP) is 4.01. The summed E-state index contributed by atoms with van der Waals surface area (Å²) < 4.78 is 39.1. The number of aromatic nitrogens is 1. The second-order valence-corrected chi connectivity index (χ2v) is 13.0. The maximum atomic E-state index is 12.5. The first kappa shape index (κ1) is 32.6. The number of piperazine rings is 1. The highest BCUT2D eigenvalue weighted by Gasteiger charge is 2.29. The summed E-state index contributed by atoms with van der Waals surface area (Å²) in [6, 6.07) is 21.3. The van der Waals surface area contributed by atoms with E-state index in [9.17, 15) is 18.0 Å². The van der Waals surface area contributed by atoms with Crippen molar-refractivity contribution in [1.29, 1.82) is 0 Å². The number of ether oxygens (including phenoxy) is 2. The SMILES string of the molecule is COC(=O)c1ccc(COc2cccc(-c3csc(C#Cc4ccc(N5CCN(S(=O)(=O)N[C@H](C)C(=O)O)CC5)cc4)n3)c2)cc1. The van der Waals surface area contributed by atoms with E-state index < -0.39 is 22.2 Å². The van der Waals surface area contributed by atoms with Gasteiger partial charge in [0.1, 0.15) is 18.4 Å². The van der Waals surface area contributed by atoms with Gasteiger partial charge in [-0.2, -0.15) is 17.4 Å². The molecule has 11 nitrogen and oxygen atoms in total. The van der Waals surface area contributed by atoms with E-state index in [1.165, 1.54) is 29.7 Å². The zero-order chi connectivity index (χ0) is 32.7. The lowest BCUT2D eigenvalue weighted by Crippen LogP contribution is -2.54. The Labute approximate surface area is 271 Å². The molecule has 0 radical (unpaired) electrons. The molecule has 1 aromatic heterocycles. The Balaban J connectivity index is 1.15. The molecule has 0 saturated carbocycles. The summed E-state index contributed by atoms with van der Waals surface area (Å²) in [5.41, 5.74) is 4.89. The van der Waals surface area contributed by atoms with Crippen molar-refractivity contribution in [3.05, 3.63) is 99.9 Å². The quantitative estimate of drug-likeness (QED) is 0.191. The highest BCUT2D eigenvalue weighted by molar-refractivity contribution is 7.87. The third-order valence-corrected chi connectivity index (χ3v) is 9.69. The first-order valence-electron chi connectivity index (χ1n) is 14.3. The molecule has 4 aromatic rings. The number of carboxylic acid groups (broad SMARTS) is 1. The Hall–Kier alpha value is -4.74. The standard InChI is InChI=1S/C33H32N4O7S2/c1-23(32(38)39)35-46(41,42)37-18-16-36(17-19-37)28-13-8-24(9-14-28)10-15-31-34-30(22-45-31)27-4-3-5-29(20-27)44-21-25-6-11-26(12-7-25)33(40)43-2/h3-9,11-14,20,22-23,35H,16-19,21H2,1-2H3,(H,38,39)/t23-/m1/s1. The highest BCUT2D eigenvalue weighted by Crippen LogP contribution is 2.26. The van der Waals surface area contributed by atoms with Crippen molar-refractivity contribution < 1.29 is 32.6 Å². The molecule has 0 bridgehead atoms. The van der Waals surface area contributed by atoms with Gasteiger partial charge >= 0.3 is 11.9 Å². The highest BCUT2D eigenvalue weighted by atomic mass is 32.2. The summed E-state index contributed by atoms with van der Waals surface area (Å²) in [5, 5.41) is 11.6. The minimum absolute atomic E-state index is 0.247. The third kappa shape index (κ3) is 8.29. The van der Waals surface area contributed by atoms with Gasteiger partial charge in [-0.25, -0.2) is 9.78 Å². The number of carbonyl (C=O) groups is 2. The second-order valence-electron chi connectivity index (χ2n) is 10.4. The maximum absolute atomic E-state index is 12.5. The minimum Gasteiger partial charge on any atom is -0.489 e. The van der Waals surface area contributed by atoms with Crippen molar-refractivity contribution in [1.82, 2.24) is 14.0 Å². The molecule has 0 unspecified atom stereocenters. The van der Waals surface area contributed by atoms with E-state index in [4.69, 9.17) is 14.6 Å². The summed E-state index contributed by atoms with van der Waals surface area (Å²) in [5.74, 6) is 5.38. The van der Waals surface area contributed by atoms with E-state index in [-0.39, 0.29) is 19.1 Å². The van der Waals surface area contributed by atoms with Crippen LogP contribution in [0.1, 0.15) is 33.4 Å². The molecular weight excluding hydrogens is 629 g/mol.